The minimum Gasteiger partial charge on any atom is -0.369 e. The summed E-state index contributed by atoms with van der Waals surface area (Å²) in [5.41, 5.74) is 6.00. The molecule has 0 heterocycles. The van der Waals surface area contributed by atoms with E-state index in [1.165, 1.54) is 0 Å². The SMILES string of the molecule is CN(C)C1C(C(N)=O)=CC=CC1OC1CC1. The molecule has 2 N–H and O–H groups in total. The molecule has 2 aliphatic carbocycles. The van der Waals surface area contributed by atoms with E-state index < -0.39 is 0 Å². The Morgan fingerprint density at radius 3 is 2.69 bits per heavy atom. The molecule has 0 aliphatic heterocycles. The fraction of sp³-hybridized carbons (Fsp3) is 0.583. The Morgan fingerprint density at radius 1 is 1.50 bits per heavy atom. The van der Waals surface area contributed by atoms with Gasteiger partial charge in [0.05, 0.1) is 18.2 Å². The van der Waals surface area contributed by atoms with E-state index in [2.05, 4.69) is 0 Å². The number of hydrogen-bond donors (Lipinski definition) is 1. The quantitative estimate of drug-likeness (QED) is 0.751. The zero-order valence-electron chi connectivity index (χ0n) is 9.72. The minimum atomic E-state index is -0.368. The molecule has 0 aromatic carbocycles. The van der Waals surface area contributed by atoms with Crippen molar-refractivity contribution in [2.75, 3.05) is 14.1 Å². The van der Waals surface area contributed by atoms with Crippen molar-refractivity contribution in [3.63, 3.8) is 0 Å². The highest BCUT2D eigenvalue weighted by Crippen LogP contribution is 2.29. The van der Waals surface area contributed by atoms with Crippen LogP contribution in [0.4, 0.5) is 0 Å². The Morgan fingerprint density at radius 2 is 2.19 bits per heavy atom. The van der Waals surface area contributed by atoms with Gasteiger partial charge in [0, 0.05) is 5.57 Å². The van der Waals surface area contributed by atoms with Crippen molar-refractivity contribution < 1.29 is 9.53 Å². The number of nitrogens with zero attached hydrogens (tertiary/aromatic N) is 1. The first-order valence-corrected chi connectivity index (χ1v) is 5.59. The van der Waals surface area contributed by atoms with Crippen molar-refractivity contribution in [3.05, 3.63) is 23.8 Å². The second-order valence-electron chi connectivity index (χ2n) is 4.58. The Labute approximate surface area is 95.7 Å². The molecule has 1 saturated carbocycles. The third-order valence-corrected chi connectivity index (χ3v) is 2.92. The maximum absolute atomic E-state index is 11.4. The van der Waals surface area contributed by atoms with Gasteiger partial charge in [-0.05, 0) is 26.9 Å². The Balaban J connectivity index is 2.16. The van der Waals surface area contributed by atoms with Gasteiger partial charge in [0.1, 0.15) is 0 Å². The zero-order valence-corrected chi connectivity index (χ0v) is 9.72. The predicted molar refractivity (Wildman–Crippen MR) is 61.8 cm³/mol. The molecule has 2 atom stereocenters. The number of nitrogens with two attached hydrogens (primary N) is 1. The lowest BCUT2D eigenvalue weighted by Gasteiger charge is -2.33. The van der Waals surface area contributed by atoms with Crippen molar-refractivity contribution in [1.82, 2.24) is 4.90 Å². The number of rotatable bonds is 4. The monoisotopic (exact) mass is 222 g/mol. The van der Waals surface area contributed by atoms with Gasteiger partial charge < -0.3 is 10.5 Å². The van der Waals surface area contributed by atoms with E-state index in [0.717, 1.165) is 12.8 Å². The molecule has 2 aliphatic rings. The third kappa shape index (κ3) is 2.33. The van der Waals surface area contributed by atoms with Crippen LogP contribution < -0.4 is 5.73 Å². The van der Waals surface area contributed by atoms with Gasteiger partial charge in [0.25, 0.3) is 0 Å². The Kier molecular flexibility index (Phi) is 3.12. The molecule has 0 radical (unpaired) electrons. The average Bonchev–Trinajstić information content (AvgIpc) is 3.00. The lowest BCUT2D eigenvalue weighted by Crippen LogP contribution is -2.45. The molecule has 2 rings (SSSR count). The van der Waals surface area contributed by atoms with E-state index in [1.54, 1.807) is 6.08 Å². The van der Waals surface area contributed by atoms with Crippen LogP contribution in [-0.4, -0.2) is 43.2 Å². The molecule has 2 unspecified atom stereocenters. The molecule has 0 spiro atoms. The molecule has 1 fully saturated rings. The molecule has 0 bridgehead atoms. The Bertz CT molecular complexity index is 343. The highest BCUT2D eigenvalue weighted by Gasteiger charge is 2.35. The van der Waals surface area contributed by atoms with Gasteiger partial charge in [-0.15, -0.1) is 0 Å². The number of carbonyl (C=O) groups is 1. The second kappa shape index (κ2) is 4.39. The highest BCUT2D eigenvalue weighted by atomic mass is 16.5. The highest BCUT2D eigenvalue weighted by molar-refractivity contribution is 5.94. The van der Waals surface area contributed by atoms with E-state index in [1.807, 2.05) is 31.1 Å². The molecule has 4 heteroatoms. The molecule has 0 saturated heterocycles. The topological polar surface area (TPSA) is 55.6 Å². The van der Waals surface area contributed by atoms with Crippen molar-refractivity contribution >= 4 is 5.91 Å². The van der Waals surface area contributed by atoms with Crippen LogP contribution in [0.3, 0.4) is 0 Å². The number of primary amides is 1. The zero-order chi connectivity index (χ0) is 11.7. The first kappa shape index (κ1) is 11.4. The average molecular weight is 222 g/mol. The van der Waals surface area contributed by atoms with Gasteiger partial charge in [0.15, 0.2) is 0 Å². The maximum Gasteiger partial charge on any atom is 0.246 e. The molecule has 0 aromatic heterocycles. The number of hydrogen-bond acceptors (Lipinski definition) is 3. The van der Waals surface area contributed by atoms with Gasteiger partial charge in [0.2, 0.25) is 5.91 Å². The van der Waals surface area contributed by atoms with E-state index >= 15 is 0 Å². The van der Waals surface area contributed by atoms with E-state index in [4.69, 9.17) is 10.5 Å². The number of ether oxygens (including phenoxy) is 1. The van der Waals surface area contributed by atoms with Crippen molar-refractivity contribution in [2.24, 2.45) is 5.73 Å². The predicted octanol–water partition coefficient (Wildman–Crippen LogP) is 0.446. The van der Waals surface area contributed by atoms with E-state index in [9.17, 15) is 4.79 Å². The van der Waals surface area contributed by atoms with Gasteiger partial charge in [-0.2, -0.15) is 0 Å². The van der Waals surface area contributed by atoms with Crippen LogP contribution in [0.1, 0.15) is 12.8 Å². The van der Waals surface area contributed by atoms with Gasteiger partial charge in [-0.25, -0.2) is 0 Å². The van der Waals surface area contributed by atoms with Gasteiger partial charge in [-0.1, -0.05) is 18.2 Å². The van der Waals surface area contributed by atoms with Crippen LogP contribution in [-0.2, 0) is 9.53 Å². The van der Waals surface area contributed by atoms with Crippen molar-refractivity contribution in [2.45, 2.75) is 31.1 Å². The molecular formula is C12H18N2O2. The fourth-order valence-electron chi connectivity index (χ4n) is 2.00. The summed E-state index contributed by atoms with van der Waals surface area (Å²) in [7, 11) is 3.87. The van der Waals surface area contributed by atoms with Crippen LogP contribution in [0.2, 0.25) is 0 Å². The smallest absolute Gasteiger partial charge is 0.246 e. The summed E-state index contributed by atoms with van der Waals surface area (Å²) in [6.45, 7) is 0. The Hall–Kier alpha value is -1.13. The standard InChI is InChI=1S/C12H18N2O2/c1-14(2)11-9(12(13)15)4-3-5-10(11)16-8-6-7-8/h3-5,8,10-11H,6-7H2,1-2H3,(H2,13,15). The summed E-state index contributed by atoms with van der Waals surface area (Å²) < 4.78 is 5.88. The number of carbonyl (C=O) groups excluding carboxylic acids is 1. The molecule has 0 aromatic rings. The molecule has 88 valence electrons. The summed E-state index contributed by atoms with van der Waals surface area (Å²) in [5.74, 6) is -0.368. The number of allylic oxidation sites excluding steroid dienone is 2. The summed E-state index contributed by atoms with van der Waals surface area (Å²) in [5, 5.41) is 0. The van der Waals surface area contributed by atoms with Crippen LogP contribution in [0, 0.1) is 0 Å². The van der Waals surface area contributed by atoms with Crippen molar-refractivity contribution in [3.8, 4) is 0 Å². The van der Waals surface area contributed by atoms with Gasteiger partial charge >= 0.3 is 0 Å². The lowest BCUT2D eigenvalue weighted by molar-refractivity contribution is -0.115. The fourth-order valence-corrected chi connectivity index (χ4v) is 2.00. The van der Waals surface area contributed by atoms with E-state index in [0.29, 0.717) is 11.7 Å². The third-order valence-electron chi connectivity index (χ3n) is 2.92. The van der Waals surface area contributed by atoms with Crippen molar-refractivity contribution in [1.29, 1.82) is 0 Å². The van der Waals surface area contributed by atoms with Gasteiger partial charge in [-0.3, -0.25) is 9.69 Å². The summed E-state index contributed by atoms with van der Waals surface area (Å²) >= 11 is 0. The first-order chi connectivity index (χ1) is 7.59. The summed E-state index contributed by atoms with van der Waals surface area (Å²) in [6.07, 6.45) is 8.18. The summed E-state index contributed by atoms with van der Waals surface area (Å²) in [6, 6.07) is -0.0666. The lowest BCUT2D eigenvalue weighted by atomic mass is 9.94. The summed E-state index contributed by atoms with van der Waals surface area (Å²) in [4.78, 5) is 13.3. The normalized spacial score (nSPS) is 29.3. The minimum absolute atomic E-state index is 0.0602. The number of likely N-dealkylation sites (N-methyl/N-ethyl adjacent to an activating group) is 1. The molecular weight excluding hydrogens is 204 g/mol. The molecule has 16 heavy (non-hydrogen) atoms. The molecule has 4 nitrogen and oxygen atoms in total. The second-order valence-corrected chi connectivity index (χ2v) is 4.58. The van der Waals surface area contributed by atoms with Crippen LogP contribution in [0.15, 0.2) is 23.8 Å². The first-order valence-electron chi connectivity index (χ1n) is 5.59. The van der Waals surface area contributed by atoms with Crippen LogP contribution in [0.5, 0.6) is 0 Å². The largest absolute Gasteiger partial charge is 0.369 e. The number of amides is 1. The van der Waals surface area contributed by atoms with E-state index in [-0.39, 0.29) is 18.1 Å². The van der Waals surface area contributed by atoms with Crippen LogP contribution >= 0.6 is 0 Å². The maximum atomic E-state index is 11.4. The van der Waals surface area contributed by atoms with Crippen LogP contribution in [0.25, 0.3) is 0 Å². The molecule has 1 amide bonds.